The summed E-state index contributed by atoms with van der Waals surface area (Å²) in [7, 11) is 1.37. The van der Waals surface area contributed by atoms with E-state index < -0.39 is 0 Å². The summed E-state index contributed by atoms with van der Waals surface area (Å²) in [6.45, 7) is 6.93. The summed E-state index contributed by atoms with van der Waals surface area (Å²) in [6.07, 6.45) is 2.87. The van der Waals surface area contributed by atoms with E-state index in [-0.39, 0.29) is 0 Å². The molecule has 0 spiro atoms. The fourth-order valence-electron chi connectivity index (χ4n) is 0.667. The Morgan fingerprint density at radius 3 is 1.75 bits per heavy atom. The lowest BCUT2D eigenvalue weighted by molar-refractivity contribution is 0.549. The first kappa shape index (κ1) is 8.22. The van der Waals surface area contributed by atoms with Crippen LogP contribution < -0.4 is 0 Å². The molecule has 1 atom stereocenters. The Morgan fingerprint density at radius 2 is 1.62 bits per heavy atom. The van der Waals surface area contributed by atoms with Crippen molar-refractivity contribution in [2.75, 3.05) is 0 Å². The van der Waals surface area contributed by atoms with E-state index in [4.69, 9.17) is 0 Å². The van der Waals surface area contributed by atoms with Crippen LogP contribution >= 0.6 is 0 Å². The van der Waals surface area contributed by atoms with Crippen LogP contribution in [-0.4, -0.2) is 10.2 Å². The summed E-state index contributed by atoms with van der Waals surface area (Å²) < 4.78 is 0. The summed E-state index contributed by atoms with van der Waals surface area (Å²) >= 11 is 0. The Morgan fingerprint density at radius 1 is 1.12 bits per heavy atom. The first-order chi connectivity index (χ1) is 3.63. The lowest BCUT2D eigenvalue weighted by Crippen LogP contribution is -1.90. The van der Waals surface area contributed by atoms with E-state index in [1.165, 1.54) is 23.1 Å². The van der Waals surface area contributed by atoms with Crippen molar-refractivity contribution in [1.82, 2.24) is 0 Å². The van der Waals surface area contributed by atoms with Gasteiger partial charge in [-0.05, 0) is 5.92 Å². The van der Waals surface area contributed by atoms with Crippen molar-refractivity contribution in [3.8, 4) is 0 Å². The van der Waals surface area contributed by atoms with Gasteiger partial charge in [0.05, 0.1) is 0 Å². The van der Waals surface area contributed by atoms with Crippen molar-refractivity contribution in [3.05, 3.63) is 0 Å². The van der Waals surface area contributed by atoms with Gasteiger partial charge in [0, 0.05) is 10.2 Å². The first-order valence-corrected chi connectivity index (χ1v) is 4.78. The van der Waals surface area contributed by atoms with E-state index in [0.717, 1.165) is 11.5 Å². The SMILES string of the molecule is CC(C)CCC(C)[SiH3]. The van der Waals surface area contributed by atoms with Crippen LogP contribution in [-0.2, 0) is 0 Å². The Kier molecular flexibility index (Phi) is 4.24. The average Bonchev–Trinajstić information content (AvgIpc) is 1.61. The molecule has 50 valence electrons. The lowest BCUT2D eigenvalue weighted by atomic mass is 10.1. The molecule has 0 aliphatic rings. The smallest absolute Gasteiger partial charge is 0.00637 e. The van der Waals surface area contributed by atoms with Gasteiger partial charge in [-0.2, -0.15) is 0 Å². The molecule has 0 fully saturated rings. The third-order valence-electron chi connectivity index (χ3n) is 1.32. The minimum atomic E-state index is 0.909. The maximum absolute atomic E-state index is 2.34. The molecule has 0 nitrogen and oxygen atoms in total. The largest absolute Gasteiger partial charge is 0.0658 e. The molecule has 0 radical (unpaired) electrons. The summed E-state index contributed by atoms with van der Waals surface area (Å²) in [5.74, 6) is 0.909. The molecule has 0 saturated carbocycles. The van der Waals surface area contributed by atoms with E-state index in [0.29, 0.717) is 0 Å². The Bertz CT molecular complexity index is 40.3. The number of hydrogen-bond donors (Lipinski definition) is 0. The van der Waals surface area contributed by atoms with Crippen molar-refractivity contribution in [2.24, 2.45) is 5.92 Å². The van der Waals surface area contributed by atoms with Crippen molar-refractivity contribution >= 4 is 10.2 Å². The van der Waals surface area contributed by atoms with Crippen LogP contribution in [0.4, 0.5) is 0 Å². The normalized spacial score (nSPS) is 15.0. The molecule has 8 heavy (non-hydrogen) atoms. The molecule has 0 saturated heterocycles. The molecule has 0 aliphatic heterocycles. The molecule has 0 aromatic heterocycles. The quantitative estimate of drug-likeness (QED) is 0.509. The summed E-state index contributed by atoms with van der Waals surface area (Å²) in [6, 6.07) is 0. The minimum Gasteiger partial charge on any atom is -0.0658 e. The predicted molar refractivity (Wildman–Crippen MR) is 43.4 cm³/mol. The van der Waals surface area contributed by atoms with Crippen molar-refractivity contribution in [1.29, 1.82) is 0 Å². The second-order valence-electron chi connectivity index (χ2n) is 3.37. The van der Waals surface area contributed by atoms with E-state index in [1.807, 2.05) is 0 Å². The molecular formula is C7H18Si. The van der Waals surface area contributed by atoms with Gasteiger partial charge < -0.3 is 0 Å². The van der Waals surface area contributed by atoms with E-state index in [1.54, 1.807) is 0 Å². The van der Waals surface area contributed by atoms with E-state index in [2.05, 4.69) is 20.8 Å². The Labute approximate surface area is 56.1 Å². The summed E-state index contributed by atoms with van der Waals surface area (Å²) in [5, 5.41) is 0. The number of rotatable bonds is 3. The van der Waals surface area contributed by atoms with Crippen LogP contribution in [0.1, 0.15) is 33.6 Å². The topological polar surface area (TPSA) is 0 Å². The zero-order valence-corrected chi connectivity index (χ0v) is 8.57. The van der Waals surface area contributed by atoms with Crippen LogP contribution in [0, 0.1) is 5.92 Å². The zero-order chi connectivity index (χ0) is 6.57. The Balaban J connectivity index is 2.93. The molecule has 0 rings (SSSR count). The standard InChI is InChI=1S/C7H18Si/c1-6(2)4-5-7(3)8/h6-7H,4-5H2,1-3,8H3. The van der Waals surface area contributed by atoms with Gasteiger partial charge >= 0.3 is 0 Å². The van der Waals surface area contributed by atoms with Crippen LogP contribution in [0.25, 0.3) is 0 Å². The maximum Gasteiger partial charge on any atom is 0.00637 e. The predicted octanol–water partition coefficient (Wildman–Crippen LogP) is 1.60. The van der Waals surface area contributed by atoms with Gasteiger partial charge in [-0.25, -0.2) is 0 Å². The van der Waals surface area contributed by atoms with Gasteiger partial charge in [-0.1, -0.05) is 39.2 Å². The van der Waals surface area contributed by atoms with Gasteiger partial charge in [0.25, 0.3) is 0 Å². The van der Waals surface area contributed by atoms with Gasteiger partial charge in [0.15, 0.2) is 0 Å². The van der Waals surface area contributed by atoms with Gasteiger partial charge in [-0.3, -0.25) is 0 Å². The second-order valence-corrected chi connectivity index (χ2v) is 5.34. The van der Waals surface area contributed by atoms with Crippen LogP contribution in [0.3, 0.4) is 0 Å². The summed E-state index contributed by atoms with van der Waals surface area (Å²) in [4.78, 5) is 0. The average molecular weight is 130 g/mol. The maximum atomic E-state index is 2.34. The molecule has 1 unspecified atom stereocenters. The molecule has 1 heteroatoms. The van der Waals surface area contributed by atoms with E-state index >= 15 is 0 Å². The molecule has 0 heterocycles. The monoisotopic (exact) mass is 130 g/mol. The minimum absolute atomic E-state index is 0.909. The summed E-state index contributed by atoms with van der Waals surface area (Å²) in [5.41, 5.74) is 1.03. The van der Waals surface area contributed by atoms with Crippen molar-refractivity contribution < 1.29 is 0 Å². The molecule has 0 bridgehead atoms. The molecule has 0 aliphatic carbocycles. The van der Waals surface area contributed by atoms with Gasteiger partial charge in [-0.15, -0.1) is 0 Å². The van der Waals surface area contributed by atoms with Crippen LogP contribution in [0.5, 0.6) is 0 Å². The fraction of sp³-hybridized carbons (Fsp3) is 1.00. The highest BCUT2D eigenvalue weighted by Crippen LogP contribution is 2.11. The van der Waals surface area contributed by atoms with Crippen molar-refractivity contribution in [2.45, 2.75) is 39.2 Å². The molecule has 0 aromatic rings. The second kappa shape index (κ2) is 4.13. The lowest BCUT2D eigenvalue weighted by Gasteiger charge is -2.05. The highest BCUT2D eigenvalue weighted by atomic mass is 28.1. The highest BCUT2D eigenvalue weighted by molar-refractivity contribution is 6.11. The molecular weight excluding hydrogens is 112 g/mol. The van der Waals surface area contributed by atoms with Gasteiger partial charge in [0.2, 0.25) is 0 Å². The fourth-order valence-corrected chi connectivity index (χ4v) is 1.00. The number of hydrogen-bond acceptors (Lipinski definition) is 0. The van der Waals surface area contributed by atoms with Gasteiger partial charge in [0.1, 0.15) is 0 Å². The van der Waals surface area contributed by atoms with Crippen molar-refractivity contribution in [3.63, 3.8) is 0 Å². The third kappa shape index (κ3) is 6.22. The first-order valence-electron chi connectivity index (χ1n) is 3.63. The highest BCUT2D eigenvalue weighted by Gasteiger charge is 1.95. The van der Waals surface area contributed by atoms with Crippen LogP contribution in [0.15, 0.2) is 0 Å². The molecule has 0 N–H and O–H groups in total. The third-order valence-corrected chi connectivity index (χ3v) is 1.90. The molecule has 0 aromatic carbocycles. The van der Waals surface area contributed by atoms with E-state index in [9.17, 15) is 0 Å². The Hall–Kier alpha value is 0.217. The zero-order valence-electron chi connectivity index (χ0n) is 6.57. The van der Waals surface area contributed by atoms with Crippen LogP contribution in [0.2, 0.25) is 5.54 Å². The molecule has 0 amide bonds.